The predicted octanol–water partition coefficient (Wildman–Crippen LogP) is 4.16. The predicted molar refractivity (Wildman–Crippen MR) is 135 cm³/mol. The highest BCUT2D eigenvalue weighted by Gasteiger charge is 2.24. The van der Waals surface area contributed by atoms with Crippen molar-refractivity contribution >= 4 is 39.5 Å². The monoisotopic (exact) mass is 457 g/mol. The molecule has 1 saturated carbocycles. The Kier molecular flexibility index (Phi) is 5.49. The second kappa shape index (κ2) is 8.79. The molecule has 0 atom stereocenters. The molecule has 4 aromatic heterocycles. The lowest BCUT2D eigenvalue weighted by atomic mass is 10.0. The number of pyridine rings is 1. The lowest BCUT2D eigenvalue weighted by Gasteiger charge is -2.35. The van der Waals surface area contributed by atoms with E-state index in [-0.39, 0.29) is 0 Å². The van der Waals surface area contributed by atoms with Gasteiger partial charge in [-0.25, -0.2) is 15.0 Å². The van der Waals surface area contributed by atoms with Crippen molar-refractivity contribution in [1.29, 1.82) is 0 Å². The van der Waals surface area contributed by atoms with E-state index in [0.717, 1.165) is 53.7 Å². The summed E-state index contributed by atoms with van der Waals surface area (Å²) in [5.41, 5.74) is 2.10. The van der Waals surface area contributed by atoms with Gasteiger partial charge in [-0.3, -0.25) is 4.98 Å². The van der Waals surface area contributed by atoms with Crippen LogP contribution in [0.15, 0.2) is 37.1 Å². The minimum absolute atomic E-state index is 0.461. The van der Waals surface area contributed by atoms with Crippen LogP contribution in [-0.4, -0.2) is 67.6 Å². The summed E-state index contributed by atoms with van der Waals surface area (Å²) in [5, 5.41) is 5.49. The summed E-state index contributed by atoms with van der Waals surface area (Å²) in [7, 11) is 4.31. The Bertz CT molecular complexity index is 1280. The molecule has 1 N–H and O–H groups in total. The number of anilines is 3. The van der Waals surface area contributed by atoms with Crippen molar-refractivity contribution in [2.75, 3.05) is 37.4 Å². The van der Waals surface area contributed by atoms with Crippen molar-refractivity contribution < 1.29 is 0 Å². The van der Waals surface area contributed by atoms with Crippen molar-refractivity contribution in [2.45, 2.75) is 50.6 Å². The molecule has 5 heterocycles. The molecule has 1 aliphatic carbocycles. The van der Waals surface area contributed by atoms with Crippen LogP contribution < -0.4 is 10.2 Å². The van der Waals surface area contributed by atoms with Gasteiger partial charge in [0.2, 0.25) is 5.95 Å². The van der Waals surface area contributed by atoms with Crippen molar-refractivity contribution in [3.8, 4) is 0 Å². The summed E-state index contributed by atoms with van der Waals surface area (Å²) in [6, 6.07) is 3.17. The highest BCUT2D eigenvalue weighted by Crippen LogP contribution is 2.37. The number of nitrogens with one attached hydrogen (secondary N) is 1. The lowest BCUT2D eigenvalue weighted by Crippen LogP contribution is -2.42. The van der Waals surface area contributed by atoms with Crippen molar-refractivity contribution in [1.82, 2.24) is 34.4 Å². The Hall–Kier alpha value is -3.33. The number of rotatable bonds is 5. The minimum atomic E-state index is 0.461. The third-order valence-electron chi connectivity index (χ3n) is 7.43. The van der Waals surface area contributed by atoms with Gasteiger partial charge in [-0.2, -0.15) is 4.98 Å². The SMILES string of the molecule is CN(C)C1CCN(c2cnc(Nc3ncc4c5ccncc5n(C5CCCC5)c4n3)cn2)CC1. The van der Waals surface area contributed by atoms with Gasteiger partial charge in [-0.05, 0) is 45.8 Å². The summed E-state index contributed by atoms with van der Waals surface area (Å²) in [6.45, 7) is 2.01. The number of fused-ring (bicyclic) bond motifs is 3. The van der Waals surface area contributed by atoms with E-state index in [2.05, 4.69) is 59.8 Å². The first kappa shape index (κ1) is 21.2. The molecule has 1 aliphatic heterocycles. The Balaban J connectivity index is 1.25. The summed E-state index contributed by atoms with van der Waals surface area (Å²) < 4.78 is 2.36. The zero-order valence-electron chi connectivity index (χ0n) is 19.9. The molecule has 6 rings (SSSR count). The topological polar surface area (TPSA) is 87.9 Å². The number of hydrogen-bond acceptors (Lipinski definition) is 8. The quantitative estimate of drug-likeness (QED) is 0.478. The molecular weight excluding hydrogens is 426 g/mol. The van der Waals surface area contributed by atoms with Gasteiger partial charge in [0.25, 0.3) is 0 Å². The summed E-state index contributed by atoms with van der Waals surface area (Å²) in [5.74, 6) is 2.11. The molecule has 9 heteroatoms. The van der Waals surface area contributed by atoms with Crippen LogP contribution in [0.25, 0.3) is 21.9 Å². The lowest BCUT2D eigenvalue weighted by molar-refractivity contribution is 0.249. The molecule has 1 saturated heterocycles. The van der Waals surface area contributed by atoms with Gasteiger partial charge in [0.15, 0.2) is 5.82 Å². The molecule has 4 aromatic rings. The summed E-state index contributed by atoms with van der Waals surface area (Å²) in [4.78, 5) is 27.8. The molecule has 34 heavy (non-hydrogen) atoms. The van der Waals surface area contributed by atoms with E-state index >= 15 is 0 Å². The van der Waals surface area contributed by atoms with E-state index in [1.807, 2.05) is 24.8 Å². The molecule has 0 aromatic carbocycles. The average molecular weight is 458 g/mol. The van der Waals surface area contributed by atoms with E-state index in [9.17, 15) is 0 Å². The van der Waals surface area contributed by atoms with E-state index in [1.54, 1.807) is 6.20 Å². The number of nitrogens with zero attached hydrogens (tertiary/aromatic N) is 8. The first-order valence-corrected chi connectivity index (χ1v) is 12.3. The second-order valence-electron chi connectivity index (χ2n) is 9.70. The highest BCUT2D eigenvalue weighted by molar-refractivity contribution is 6.06. The smallest absolute Gasteiger partial charge is 0.230 e. The van der Waals surface area contributed by atoms with Gasteiger partial charge in [0.05, 0.1) is 24.1 Å². The minimum Gasteiger partial charge on any atom is -0.355 e. The largest absolute Gasteiger partial charge is 0.355 e. The molecule has 2 fully saturated rings. The van der Waals surface area contributed by atoms with Gasteiger partial charge in [-0.15, -0.1) is 0 Å². The molecule has 0 amide bonds. The molecule has 0 unspecified atom stereocenters. The molecule has 0 spiro atoms. The maximum atomic E-state index is 4.92. The van der Waals surface area contributed by atoms with Crippen LogP contribution in [0.4, 0.5) is 17.6 Å². The first-order valence-electron chi connectivity index (χ1n) is 12.3. The Morgan fingerprint density at radius 3 is 2.47 bits per heavy atom. The van der Waals surface area contributed by atoms with Gasteiger partial charge in [0, 0.05) is 48.3 Å². The van der Waals surface area contributed by atoms with Crippen molar-refractivity contribution in [2.24, 2.45) is 0 Å². The van der Waals surface area contributed by atoms with Gasteiger partial charge < -0.3 is 19.7 Å². The highest BCUT2D eigenvalue weighted by atomic mass is 15.2. The fourth-order valence-corrected chi connectivity index (χ4v) is 5.53. The van der Waals surface area contributed by atoms with Crippen LogP contribution in [0, 0.1) is 0 Å². The van der Waals surface area contributed by atoms with Crippen molar-refractivity contribution in [3.05, 3.63) is 37.1 Å². The first-order chi connectivity index (χ1) is 16.7. The Morgan fingerprint density at radius 1 is 0.912 bits per heavy atom. The van der Waals surface area contributed by atoms with Gasteiger partial charge in [0.1, 0.15) is 11.5 Å². The number of piperidine rings is 1. The van der Waals surface area contributed by atoms with Crippen molar-refractivity contribution in [3.63, 3.8) is 0 Å². The number of hydrogen-bond donors (Lipinski definition) is 1. The zero-order valence-corrected chi connectivity index (χ0v) is 19.9. The van der Waals surface area contributed by atoms with Crippen LogP contribution in [0.2, 0.25) is 0 Å². The van der Waals surface area contributed by atoms with E-state index in [4.69, 9.17) is 4.98 Å². The molecule has 0 radical (unpaired) electrons. The fourth-order valence-electron chi connectivity index (χ4n) is 5.53. The zero-order chi connectivity index (χ0) is 23.1. The van der Waals surface area contributed by atoms with E-state index < -0.39 is 0 Å². The van der Waals surface area contributed by atoms with Crippen LogP contribution >= 0.6 is 0 Å². The fraction of sp³-hybridized carbons (Fsp3) is 0.480. The van der Waals surface area contributed by atoms with Crippen LogP contribution in [0.3, 0.4) is 0 Å². The van der Waals surface area contributed by atoms with Crippen LogP contribution in [0.5, 0.6) is 0 Å². The van der Waals surface area contributed by atoms with E-state index in [1.165, 1.54) is 25.7 Å². The Morgan fingerprint density at radius 2 is 1.74 bits per heavy atom. The molecular formula is C25H31N9. The molecule has 9 nitrogen and oxygen atoms in total. The second-order valence-corrected chi connectivity index (χ2v) is 9.70. The van der Waals surface area contributed by atoms with Gasteiger partial charge in [-0.1, -0.05) is 12.8 Å². The van der Waals surface area contributed by atoms with E-state index in [0.29, 0.717) is 23.8 Å². The average Bonchev–Trinajstić information content (AvgIpc) is 3.50. The maximum absolute atomic E-state index is 4.92. The maximum Gasteiger partial charge on any atom is 0.230 e. The third-order valence-corrected chi connectivity index (χ3v) is 7.43. The van der Waals surface area contributed by atoms with Gasteiger partial charge >= 0.3 is 0 Å². The Labute approximate surface area is 199 Å². The molecule has 0 bridgehead atoms. The standard InChI is InChI=1S/C25H31N9/c1-32(2)17-8-11-33(12-9-17)23-16-27-22(15-28-23)30-25-29-13-20-19-7-10-26-14-21(19)34(24(20)31-25)18-5-3-4-6-18/h7,10,13-18H,3-6,8-9,11-12H2,1-2H3,(H,27,29,30,31). The summed E-state index contributed by atoms with van der Waals surface area (Å²) in [6.07, 6.45) is 16.5. The number of aromatic nitrogens is 6. The van der Waals surface area contributed by atoms with Crippen LogP contribution in [-0.2, 0) is 0 Å². The molecule has 2 aliphatic rings. The third kappa shape index (κ3) is 3.83. The molecule has 176 valence electrons. The van der Waals surface area contributed by atoms with Crippen LogP contribution in [0.1, 0.15) is 44.6 Å². The summed E-state index contributed by atoms with van der Waals surface area (Å²) >= 11 is 0. The normalized spacial score (nSPS) is 17.9.